The summed E-state index contributed by atoms with van der Waals surface area (Å²) in [5, 5.41) is 0.608. The third-order valence-corrected chi connectivity index (χ3v) is 4.32. The molecule has 0 saturated heterocycles. The number of hydrogen-bond acceptors (Lipinski definition) is 2. The smallest absolute Gasteiger partial charge is 0.327 e. The highest BCUT2D eigenvalue weighted by Gasteiger charge is 2.32. The van der Waals surface area contributed by atoms with Crippen LogP contribution in [0.4, 0.5) is 13.2 Å². The quantitative estimate of drug-likeness (QED) is 0.515. The summed E-state index contributed by atoms with van der Waals surface area (Å²) in [4.78, 5) is 4.03. The topological polar surface area (TPSA) is 21.1 Å². The number of aryl methyl sites for hydroxylation is 1. The summed E-state index contributed by atoms with van der Waals surface area (Å²) in [5.74, 6) is 0. The molecule has 0 aliphatic carbocycles. The molecule has 0 radical (unpaired) electrons. The number of alkyl halides is 3. The molecule has 3 heterocycles. The summed E-state index contributed by atoms with van der Waals surface area (Å²) in [5.41, 5.74) is 1.93. The van der Waals surface area contributed by atoms with Gasteiger partial charge in [0, 0.05) is 59.8 Å². The van der Waals surface area contributed by atoms with Crippen LogP contribution in [0.15, 0.2) is 12.3 Å². The molecule has 0 fully saturated rings. The summed E-state index contributed by atoms with van der Waals surface area (Å²) in [7, 11) is 0. The van der Waals surface area contributed by atoms with Crippen molar-refractivity contribution in [3.8, 4) is 0 Å². The molecule has 0 saturated carbocycles. The van der Waals surface area contributed by atoms with Gasteiger partial charge in [0.25, 0.3) is 0 Å². The fourth-order valence-corrected chi connectivity index (χ4v) is 3.02. The minimum absolute atomic E-state index is 0.608. The first-order valence-electron chi connectivity index (χ1n) is 5.83. The molecular formula is C12H11F3IN3. The Labute approximate surface area is 121 Å². The van der Waals surface area contributed by atoms with E-state index < -0.39 is 11.7 Å². The molecule has 102 valence electrons. The molecule has 0 amide bonds. The van der Waals surface area contributed by atoms with Crippen LogP contribution in [0, 0.1) is 6.92 Å². The molecule has 19 heavy (non-hydrogen) atoms. The lowest BCUT2D eigenvalue weighted by molar-refractivity contribution is -0.137. The van der Waals surface area contributed by atoms with E-state index in [9.17, 15) is 13.2 Å². The molecule has 0 unspecified atom stereocenters. The lowest BCUT2D eigenvalue weighted by Crippen LogP contribution is -2.26. The Bertz CT molecular complexity index is 648. The van der Waals surface area contributed by atoms with Gasteiger partial charge in [-0.1, -0.05) is 0 Å². The Morgan fingerprint density at radius 3 is 2.74 bits per heavy atom. The van der Waals surface area contributed by atoms with Crippen molar-refractivity contribution in [1.29, 1.82) is 0 Å². The maximum absolute atomic E-state index is 12.7. The van der Waals surface area contributed by atoms with Gasteiger partial charge in [-0.05, 0) is 18.6 Å². The highest BCUT2D eigenvalue weighted by atomic mass is 127. The van der Waals surface area contributed by atoms with Gasteiger partial charge < -0.3 is 4.57 Å². The number of nitrogens with zero attached hydrogens (tertiary/aromatic N) is 3. The molecule has 2 aromatic heterocycles. The lowest BCUT2D eigenvalue weighted by atomic mass is 10.1. The van der Waals surface area contributed by atoms with Crippen molar-refractivity contribution in [1.82, 2.24) is 12.7 Å². The first kappa shape index (κ1) is 13.2. The van der Waals surface area contributed by atoms with E-state index in [1.165, 1.54) is 6.07 Å². The number of halogens is 4. The zero-order valence-corrected chi connectivity index (χ0v) is 12.3. The largest absolute Gasteiger partial charge is 0.417 e. The van der Waals surface area contributed by atoms with Crippen LogP contribution in [-0.2, 0) is 19.3 Å². The van der Waals surface area contributed by atoms with E-state index in [0.29, 0.717) is 11.0 Å². The predicted molar refractivity (Wildman–Crippen MR) is 73.9 cm³/mol. The Balaban J connectivity index is 2.23. The third kappa shape index (κ3) is 2.12. The molecule has 7 heteroatoms. The summed E-state index contributed by atoms with van der Waals surface area (Å²) in [6.45, 7) is 4.25. The number of pyridine rings is 1. The molecular weight excluding hydrogens is 370 g/mol. The van der Waals surface area contributed by atoms with E-state index in [2.05, 4.69) is 31.0 Å². The predicted octanol–water partition coefficient (Wildman–Crippen LogP) is 3.53. The van der Waals surface area contributed by atoms with Crippen molar-refractivity contribution < 1.29 is 13.2 Å². The van der Waals surface area contributed by atoms with E-state index in [-0.39, 0.29) is 0 Å². The van der Waals surface area contributed by atoms with Crippen LogP contribution in [-0.4, -0.2) is 19.2 Å². The van der Waals surface area contributed by atoms with Gasteiger partial charge in [0.15, 0.2) is 0 Å². The van der Waals surface area contributed by atoms with Crippen molar-refractivity contribution in [2.45, 2.75) is 26.2 Å². The summed E-state index contributed by atoms with van der Waals surface area (Å²) in [6, 6.07) is 1.21. The monoisotopic (exact) mass is 381 g/mol. The number of fused-ring (bicyclic) bond motifs is 3. The van der Waals surface area contributed by atoms with Gasteiger partial charge in [0.2, 0.25) is 0 Å². The normalized spacial score (nSPS) is 16.9. The first-order valence-corrected chi connectivity index (χ1v) is 6.80. The zero-order chi connectivity index (χ0) is 13.8. The van der Waals surface area contributed by atoms with Crippen LogP contribution in [0.3, 0.4) is 0 Å². The van der Waals surface area contributed by atoms with Crippen molar-refractivity contribution in [2.24, 2.45) is 0 Å². The molecule has 1 aliphatic rings. The van der Waals surface area contributed by atoms with Gasteiger partial charge in [-0.2, -0.15) is 13.2 Å². The number of hydrogen-bond donors (Lipinski definition) is 0. The van der Waals surface area contributed by atoms with Crippen LogP contribution < -0.4 is 0 Å². The molecule has 1 aliphatic heterocycles. The maximum Gasteiger partial charge on any atom is 0.417 e. The van der Waals surface area contributed by atoms with Gasteiger partial charge in [0.1, 0.15) is 5.65 Å². The van der Waals surface area contributed by atoms with E-state index in [4.69, 9.17) is 0 Å². The van der Waals surface area contributed by atoms with Gasteiger partial charge >= 0.3 is 6.18 Å². The van der Waals surface area contributed by atoms with E-state index in [0.717, 1.165) is 37.1 Å². The third-order valence-electron chi connectivity index (χ3n) is 3.50. The second-order valence-electron chi connectivity index (χ2n) is 4.66. The summed E-state index contributed by atoms with van der Waals surface area (Å²) in [6.07, 6.45) is -3.42. The number of rotatable bonds is 0. The highest BCUT2D eigenvalue weighted by Crippen LogP contribution is 2.34. The van der Waals surface area contributed by atoms with E-state index in [1.54, 1.807) is 0 Å². The Kier molecular flexibility index (Phi) is 3.01. The summed E-state index contributed by atoms with van der Waals surface area (Å²) < 4.78 is 42.4. The van der Waals surface area contributed by atoms with Crippen LogP contribution in [0.2, 0.25) is 0 Å². The molecule has 2 aromatic rings. The number of aromatic nitrogens is 2. The molecule has 0 N–H and O–H groups in total. The molecule has 3 nitrogen and oxygen atoms in total. The van der Waals surface area contributed by atoms with Gasteiger partial charge in [-0.15, -0.1) is 0 Å². The average Bonchev–Trinajstić information content (AvgIpc) is 2.62. The van der Waals surface area contributed by atoms with E-state index >= 15 is 0 Å². The molecule has 0 aromatic carbocycles. The van der Waals surface area contributed by atoms with Crippen LogP contribution in [0.25, 0.3) is 11.0 Å². The van der Waals surface area contributed by atoms with Gasteiger partial charge in [-0.3, -0.25) is 0 Å². The fourth-order valence-electron chi connectivity index (χ4n) is 2.48. The van der Waals surface area contributed by atoms with Crippen molar-refractivity contribution in [3.05, 3.63) is 29.1 Å². The minimum atomic E-state index is -4.34. The van der Waals surface area contributed by atoms with Crippen LogP contribution in [0.1, 0.15) is 16.8 Å². The van der Waals surface area contributed by atoms with Crippen molar-refractivity contribution in [2.75, 3.05) is 6.54 Å². The molecule has 0 atom stereocenters. The molecule has 0 spiro atoms. The SMILES string of the molecule is Cc1c2n(c3ncc(C(F)(F)F)cc13)CCN(I)C2. The second-order valence-corrected chi connectivity index (χ2v) is 6.03. The Morgan fingerprint density at radius 2 is 2.05 bits per heavy atom. The standard InChI is InChI=1S/C12H11F3IN3/c1-7-9-4-8(12(13,14)15)5-17-11(9)19-3-2-18(16)6-10(7)19/h4-5H,2-3,6H2,1H3. The first-order chi connectivity index (χ1) is 8.88. The van der Waals surface area contributed by atoms with Gasteiger partial charge in [-0.25, -0.2) is 8.10 Å². The molecule has 0 bridgehead atoms. The van der Waals surface area contributed by atoms with E-state index in [1.807, 2.05) is 11.5 Å². The minimum Gasteiger partial charge on any atom is -0.327 e. The second kappa shape index (κ2) is 4.34. The molecule has 3 rings (SSSR count). The zero-order valence-electron chi connectivity index (χ0n) is 10.1. The van der Waals surface area contributed by atoms with Gasteiger partial charge in [0.05, 0.1) is 5.56 Å². The maximum atomic E-state index is 12.7. The van der Waals surface area contributed by atoms with Crippen LogP contribution in [0.5, 0.6) is 0 Å². The Morgan fingerprint density at radius 1 is 1.32 bits per heavy atom. The summed E-state index contributed by atoms with van der Waals surface area (Å²) >= 11 is 2.23. The Hall–Kier alpha value is -0.830. The average molecular weight is 381 g/mol. The fraction of sp³-hybridized carbons (Fsp3) is 0.417. The van der Waals surface area contributed by atoms with Crippen LogP contribution >= 0.6 is 22.9 Å². The van der Waals surface area contributed by atoms with Crippen molar-refractivity contribution >= 4 is 33.9 Å². The highest BCUT2D eigenvalue weighted by molar-refractivity contribution is 14.1. The van der Waals surface area contributed by atoms with Crippen molar-refractivity contribution in [3.63, 3.8) is 0 Å². The lowest BCUT2D eigenvalue weighted by Gasteiger charge is -2.23.